The van der Waals surface area contributed by atoms with Crippen molar-refractivity contribution >= 4 is 11.8 Å². The molecule has 6 heteroatoms. The van der Waals surface area contributed by atoms with Crippen LogP contribution in [0.25, 0.3) is 0 Å². The Morgan fingerprint density at radius 3 is 2.09 bits per heavy atom. The summed E-state index contributed by atoms with van der Waals surface area (Å²) in [7, 11) is 0. The minimum atomic E-state index is 0.0298. The largest absolute Gasteiger partial charge is 0.493 e. The van der Waals surface area contributed by atoms with Crippen LogP contribution in [0, 0.1) is 5.92 Å². The summed E-state index contributed by atoms with van der Waals surface area (Å²) in [6.07, 6.45) is 5.24. The van der Waals surface area contributed by atoms with Gasteiger partial charge in [-0.05, 0) is 74.4 Å². The van der Waals surface area contributed by atoms with E-state index in [4.69, 9.17) is 9.47 Å². The highest BCUT2D eigenvalue weighted by Crippen LogP contribution is 2.21. The molecule has 2 saturated heterocycles. The summed E-state index contributed by atoms with van der Waals surface area (Å²) in [4.78, 5) is 28.8. The highest BCUT2D eigenvalue weighted by atomic mass is 16.5. The normalized spacial score (nSPS) is 17.1. The Labute approximate surface area is 190 Å². The first kappa shape index (κ1) is 22.2. The van der Waals surface area contributed by atoms with Crippen LogP contribution in [0.15, 0.2) is 54.6 Å². The van der Waals surface area contributed by atoms with Crippen molar-refractivity contribution in [1.29, 1.82) is 0 Å². The molecule has 2 aliphatic rings. The van der Waals surface area contributed by atoms with E-state index in [1.54, 1.807) is 0 Å². The van der Waals surface area contributed by atoms with E-state index in [-0.39, 0.29) is 18.4 Å². The maximum absolute atomic E-state index is 12.6. The number of nitrogens with zero attached hydrogens (tertiary/aromatic N) is 2. The molecule has 0 spiro atoms. The predicted octanol–water partition coefficient (Wildman–Crippen LogP) is 4.01. The lowest BCUT2D eigenvalue weighted by atomic mass is 9.98. The molecule has 0 bridgehead atoms. The molecule has 32 heavy (non-hydrogen) atoms. The molecule has 0 radical (unpaired) electrons. The first-order valence-corrected chi connectivity index (χ1v) is 11.7. The van der Waals surface area contributed by atoms with Crippen LogP contribution in [-0.4, -0.2) is 61.0 Å². The van der Waals surface area contributed by atoms with Crippen molar-refractivity contribution < 1.29 is 19.1 Å². The van der Waals surface area contributed by atoms with E-state index in [1.807, 2.05) is 64.4 Å². The van der Waals surface area contributed by atoms with Gasteiger partial charge in [-0.2, -0.15) is 0 Å². The Morgan fingerprint density at radius 2 is 1.41 bits per heavy atom. The number of rotatable bonds is 7. The van der Waals surface area contributed by atoms with E-state index >= 15 is 0 Å². The SMILES string of the molecule is O=C(COc1ccccc1)N1CCC(COc2ccc(C(=O)N3CCCCC3)cc2)CC1. The third-order valence-electron chi connectivity index (χ3n) is 6.30. The summed E-state index contributed by atoms with van der Waals surface area (Å²) in [5.74, 6) is 2.07. The zero-order valence-electron chi connectivity index (χ0n) is 18.6. The molecule has 2 amide bonds. The fourth-order valence-electron chi connectivity index (χ4n) is 4.29. The number of ether oxygens (including phenoxy) is 2. The summed E-state index contributed by atoms with van der Waals surface area (Å²) >= 11 is 0. The number of benzene rings is 2. The van der Waals surface area contributed by atoms with Crippen LogP contribution < -0.4 is 9.47 Å². The molecule has 2 fully saturated rings. The lowest BCUT2D eigenvalue weighted by Gasteiger charge is -2.31. The zero-order valence-corrected chi connectivity index (χ0v) is 18.6. The van der Waals surface area contributed by atoms with Gasteiger partial charge in [0.05, 0.1) is 6.61 Å². The maximum atomic E-state index is 12.6. The fourth-order valence-corrected chi connectivity index (χ4v) is 4.29. The van der Waals surface area contributed by atoms with Gasteiger partial charge >= 0.3 is 0 Å². The molecule has 2 aromatic carbocycles. The number of carbonyl (C=O) groups is 2. The Hall–Kier alpha value is -3.02. The highest BCUT2D eigenvalue weighted by molar-refractivity contribution is 5.94. The molecule has 0 aromatic heterocycles. The number of hydrogen-bond acceptors (Lipinski definition) is 4. The summed E-state index contributed by atoms with van der Waals surface area (Å²) in [6.45, 7) is 3.88. The van der Waals surface area contributed by atoms with Crippen LogP contribution >= 0.6 is 0 Å². The number of likely N-dealkylation sites (tertiary alicyclic amines) is 2. The molecular weight excluding hydrogens is 404 g/mol. The van der Waals surface area contributed by atoms with Gasteiger partial charge in [-0.25, -0.2) is 0 Å². The van der Waals surface area contributed by atoms with E-state index in [1.165, 1.54) is 6.42 Å². The summed E-state index contributed by atoms with van der Waals surface area (Å²) in [6, 6.07) is 16.9. The summed E-state index contributed by atoms with van der Waals surface area (Å²) in [5.41, 5.74) is 0.726. The third-order valence-corrected chi connectivity index (χ3v) is 6.30. The number of para-hydroxylation sites is 1. The van der Waals surface area contributed by atoms with Gasteiger partial charge in [0, 0.05) is 31.7 Å². The summed E-state index contributed by atoms with van der Waals surface area (Å²) < 4.78 is 11.5. The third kappa shape index (κ3) is 6.02. The van der Waals surface area contributed by atoms with E-state index in [9.17, 15) is 9.59 Å². The average Bonchev–Trinajstić information content (AvgIpc) is 2.87. The first-order chi connectivity index (χ1) is 15.7. The quantitative estimate of drug-likeness (QED) is 0.658. The van der Waals surface area contributed by atoms with Crippen molar-refractivity contribution in [2.24, 2.45) is 5.92 Å². The van der Waals surface area contributed by atoms with Gasteiger partial charge in [0.1, 0.15) is 11.5 Å². The Balaban J connectivity index is 1.17. The minimum absolute atomic E-state index is 0.0298. The van der Waals surface area contributed by atoms with Crippen LogP contribution in [0.1, 0.15) is 42.5 Å². The molecule has 2 aromatic rings. The lowest BCUT2D eigenvalue weighted by molar-refractivity contribution is -0.134. The maximum Gasteiger partial charge on any atom is 0.260 e. The van der Waals surface area contributed by atoms with Crippen molar-refractivity contribution in [3.8, 4) is 11.5 Å². The van der Waals surface area contributed by atoms with Gasteiger partial charge < -0.3 is 19.3 Å². The molecule has 0 N–H and O–H groups in total. The van der Waals surface area contributed by atoms with Crippen LogP contribution in [0.5, 0.6) is 11.5 Å². The second kappa shape index (κ2) is 11.0. The van der Waals surface area contributed by atoms with Gasteiger partial charge in [-0.1, -0.05) is 18.2 Å². The fraction of sp³-hybridized carbons (Fsp3) is 0.462. The van der Waals surface area contributed by atoms with Crippen molar-refractivity contribution in [2.45, 2.75) is 32.1 Å². The second-order valence-electron chi connectivity index (χ2n) is 8.61. The molecule has 170 valence electrons. The number of piperidine rings is 2. The molecule has 0 atom stereocenters. The Kier molecular flexibility index (Phi) is 7.64. The standard InChI is InChI=1S/C26H32N2O4/c29-25(20-32-23-7-3-1-4-8-23)27-17-13-21(14-18-27)19-31-24-11-9-22(10-12-24)26(30)28-15-5-2-6-16-28/h1,3-4,7-12,21H,2,5-6,13-20H2. The topological polar surface area (TPSA) is 59.1 Å². The predicted molar refractivity (Wildman–Crippen MR) is 123 cm³/mol. The van der Waals surface area contributed by atoms with Gasteiger partial charge in [-0.15, -0.1) is 0 Å². The number of amides is 2. The monoisotopic (exact) mass is 436 g/mol. The molecule has 6 nitrogen and oxygen atoms in total. The zero-order chi connectivity index (χ0) is 22.2. The smallest absolute Gasteiger partial charge is 0.260 e. The van der Waals surface area contributed by atoms with Crippen molar-refractivity contribution in [2.75, 3.05) is 39.4 Å². The molecule has 2 aliphatic heterocycles. The second-order valence-corrected chi connectivity index (χ2v) is 8.61. The van der Waals surface area contributed by atoms with Gasteiger partial charge in [-0.3, -0.25) is 9.59 Å². The number of carbonyl (C=O) groups excluding carboxylic acids is 2. The van der Waals surface area contributed by atoms with E-state index in [2.05, 4.69) is 0 Å². The van der Waals surface area contributed by atoms with Gasteiger partial charge in [0.2, 0.25) is 0 Å². The molecule has 2 heterocycles. The lowest BCUT2D eigenvalue weighted by Crippen LogP contribution is -2.41. The van der Waals surface area contributed by atoms with Gasteiger partial charge in [0.25, 0.3) is 11.8 Å². The molecule has 0 unspecified atom stereocenters. The average molecular weight is 437 g/mol. The number of hydrogen-bond donors (Lipinski definition) is 0. The van der Waals surface area contributed by atoms with Crippen molar-refractivity contribution in [1.82, 2.24) is 9.80 Å². The van der Waals surface area contributed by atoms with Gasteiger partial charge in [0.15, 0.2) is 6.61 Å². The first-order valence-electron chi connectivity index (χ1n) is 11.7. The van der Waals surface area contributed by atoms with E-state index < -0.39 is 0 Å². The Bertz CT molecular complexity index is 870. The van der Waals surface area contributed by atoms with Crippen LogP contribution in [0.4, 0.5) is 0 Å². The molecule has 4 rings (SSSR count). The Morgan fingerprint density at radius 1 is 0.750 bits per heavy atom. The molecule has 0 aliphatic carbocycles. The molecule has 0 saturated carbocycles. The summed E-state index contributed by atoms with van der Waals surface area (Å²) in [5, 5.41) is 0. The minimum Gasteiger partial charge on any atom is -0.493 e. The van der Waals surface area contributed by atoms with Crippen molar-refractivity contribution in [3.63, 3.8) is 0 Å². The van der Waals surface area contributed by atoms with Crippen LogP contribution in [0.3, 0.4) is 0 Å². The van der Waals surface area contributed by atoms with E-state index in [0.29, 0.717) is 18.3 Å². The molecular formula is C26H32N2O4. The van der Waals surface area contributed by atoms with Crippen molar-refractivity contribution in [3.05, 3.63) is 60.2 Å². The van der Waals surface area contributed by atoms with E-state index in [0.717, 1.165) is 63.2 Å². The van der Waals surface area contributed by atoms with Crippen LogP contribution in [-0.2, 0) is 4.79 Å². The van der Waals surface area contributed by atoms with Crippen LogP contribution in [0.2, 0.25) is 0 Å². The highest BCUT2D eigenvalue weighted by Gasteiger charge is 2.24.